The Hall–Kier alpha value is -1.96. The minimum absolute atomic E-state index is 0.311. The molecule has 2 aromatic carbocycles. The quantitative estimate of drug-likeness (QED) is 0.525. The molecule has 2 unspecified atom stereocenters. The van der Waals surface area contributed by atoms with E-state index in [1.54, 1.807) is 7.05 Å². The molecule has 7 heteroatoms. The van der Waals surface area contributed by atoms with Crippen molar-refractivity contribution in [3.8, 4) is 0 Å². The molecule has 0 aromatic heterocycles. The van der Waals surface area contributed by atoms with Crippen molar-refractivity contribution >= 4 is 0 Å². The molecule has 3 nitrogen and oxygen atoms in total. The molecule has 1 saturated heterocycles. The van der Waals surface area contributed by atoms with E-state index in [9.17, 15) is 22.7 Å². The van der Waals surface area contributed by atoms with Gasteiger partial charge < -0.3 is 15.2 Å². The Morgan fingerprint density at radius 2 is 1.39 bits per heavy atom. The number of hydrogen-bond donors (Lipinski definition) is 2. The lowest BCUT2D eigenvalue weighted by molar-refractivity contribution is 0.164. The van der Waals surface area contributed by atoms with Crippen LogP contribution in [0.25, 0.3) is 0 Å². The number of aryl methyl sites for hydroxylation is 2. The van der Waals surface area contributed by atoms with Crippen molar-refractivity contribution in [1.29, 1.82) is 0 Å². The lowest BCUT2D eigenvalue weighted by Gasteiger charge is -2.09. The third-order valence-corrected chi connectivity index (χ3v) is 4.21. The fraction of sp³-hybridized carbons (Fsp3) is 0.429. The lowest BCUT2D eigenvalue weighted by Crippen LogP contribution is -2.23. The number of aliphatic hydroxyl groups is 1. The van der Waals surface area contributed by atoms with Crippen LogP contribution in [-0.2, 0) is 17.6 Å². The zero-order valence-corrected chi connectivity index (χ0v) is 15.7. The van der Waals surface area contributed by atoms with E-state index in [1.807, 2.05) is 0 Å². The summed E-state index contributed by atoms with van der Waals surface area (Å²) in [4.78, 5) is 0. The first kappa shape index (κ1) is 22.3. The van der Waals surface area contributed by atoms with Gasteiger partial charge in [0, 0.05) is 18.7 Å². The lowest BCUT2D eigenvalue weighted by atomic mass is 10.1. The largest absolute Gasteiger partial charge is 0.392 e. The Morgan fingerprint density at radius 3 is 1.82 bits per heavy atom. The summed E-state index contributed by atoms with van der Waals surface area (Å²) in [6.07, 6.45) is 2.32. The molecule has 1 fully saturated rings. The molecule has 0 amide bonds. The summed E-state index contributed by atoms with van der Waals surface area (Å²) < 4.78 is 56.0. The number of ether oxygens (including phenoxy) is 1. The third kappa shape index (κ3) is 8.82. The van der Waals surface area contributed by atoms with Gasteiger partial charge in [-0.1, -0.05) is 0 Å². The van der Waals surface area contributed by atoms with Crippen LogP contribution in [0.1, 0.15) is 24.0 Å². The SMILES string of the molecule is CNCC(O)CCc1cc(F)cc(F)c1.Fc1cc(F)cc(CCC2CO2)c1. The van der Waals surface area contributed by atoms with E-state index in [0.29, 0.717) is 43.0 Å². The first-order chi connectivity index (χ1) is 13.4. The van der Waals surface area contributed by atoms with Crippen molar-refractivity contribution in [1.82, 2.24) is 5.32 Å². The summed E-state index contributed by atoms with van der Waals surface area (Å²) in [7, 11) is 1.74. The van der Waals surface area contributed by atoms with Crippen molar-refractivity contribution in [2.45, 2.75) is 37.9 Å². The molecule has 3 rings (SSSR count). The maximum Gasteiger partial charge on any atom is 0.126 e. The molecule has 0 radical (unpaired) electrons. The highest BCUT2D eigenvalue weighted by molar-refractivity contribution is 5.18. The van der Waals surface area contributed by atoms with Gasteiger partial charge in [0.1, 0.15) is 23.3 Å². The molecule has 28 heavy (non-hydrogen) atoms. The van der Waals surface area contributed by atoms with E-state index < -0.39 is 29.4 Å². The summed E-state index contributed by atoms with van der Waals surface area (Å²) >= 11 is 0. The average molecular weight is 399 g/mol. The van der Waals surface area contributed by atoms with Gasteiger partial charge in [-0.3, -0.25) is 0 Å². The van der Waals surface area contributed by atoms with Crippen LogP contribution in [0, 0.1) is 23.3 Å². The summed E-state index contributed by atoms with van der Waals surface area (Å²) in [5, 5.41) is 12.2. The van der Waals surface area contributed by atoms with Crippen LogP contribution in [-0.4, -0.2) is 37.5 Å². The highest BCUT2D eigenvalue weighted by atomic mass is 19.1. The van der Waals surface area contributed by atoms with Crippen LogP contribution >= 0.6 is 0 Å². The van der Waals surface area contributed by atoms with Gasteiger partial charge in [-0.25, -0.2) is 17.6 Å². The molecule has 1 aliphatic heterocycles. The van der Waals surface area contributed by atoms with Crippen LogP contribution in [0.5, 0.6) is 0 Å². The van der Waals surface area contributed by atoms with Crippen LogP contribution in [0.3, 0.4) is 0 Å². The smallest absolute Gasteiger partial charge is 0.126 e. The first-order valence-corrected chi connectivity index (χ1v) is 9.20. The molecular formula is C21H25F4NO2. The monoisotopic (exact) mass is 399 g/mol. The predicted octanol–water partition coefficient (Wildman–Crippen LogP) is 3.77. The number of epoxide rings is 1. The minimum atomic E-state index is -0.576. The number of rotatable bonds is 8. The Morgan fingerprint density at radius 1 is 0.929 bits per heavy atom. The topological polar surface area (TPSA) is 44.8 Å². The Balaban J connectivity index is 0.000000202. The van der Waals surface area contributed by atoms with Gasteiger partial charge in [0.15, 0.2) is 0 Å². The molecule has 1 heterocycles. The molecular weight excluding hydrogens is 374 g/mol. The van der Waals surface area contributed by atoms with Gasteiger partial charge in [-0.2, -0.15) is 0 Å². The van der Waals surface area contributed by atoms with Crippen molar-refractivity contribution in [3.05, 3.63) is 70.8 Å². The van der Waals surface area contributed by atoms with Crippen LogP contribution in [0.15, 0.2) is 36.4 Å². The van der Waals surface area contributed by atoms with E-state index >= 15 is 0 Å². The second-order valence-electron chi connectivity index (χ2n) is 6.80. The number of nitrogens with one attached hydrogen (secondary N) is 1. The van der Waals surface area contributed by atoms with Gasteiger partial charge in [0.05, 0.1) is 18.8 Å². The third-order valence-electron chi connectivity index (χ3n) is 4.21. The van der Waals surface area contributed by atoms with Gasteiger partial charge in [0.2, 0.25) is 0 Å². The van der Waals surface area contributed by atoms with E-state index in [0.717, 1.165) is 25.2 Å². The number of halogens is 4. The standard InChI is InChI=1S/C11H15F2NO.C10H10F2O/c1-14-7-11(15)3-2-8-4-9(12)6-10(13)5-8;11-8-3-7(4-9(12)5-8)1-2-10-6-13-10/h4-6,11,14-15H,2-3,7H2,1H3;3-5,10H,1-2,6H2. The van der Waals surface area contributed by atoms with Crippen LogP contribution < -0.4 is 5.32 Å². The molecule has 154 valence electrons. The normalized spacial score (nSPS) is 16.3. The molecule has 2 atom stereocenters. The van der Waals surface area contributed by atoms with E-state index in [4.69, 9.17) is 4.74 Å². The predicted molar refractivity (Wildman–Crippen MR) is 99.0 cm³/mol. The summed E-state index contributed by atoms with van der Waals surface area (Å²) in [5.41, 5.74) is 1.27. The van der Waals surface area contributed by atoms with Crippen molar-refractivity contribution < 1.29 is 27.4 Å². The van der Waals surface area contributed by atoms with Gasteiger partial charge >= 0.3 is 0 Å². The average Bonchev–Trinajstić information content (AvgIpc) is 3.42. The maximum atomic E-state index is 12.8. The van der Waals surface area contributed by atoms with Crippen molar-refractivity contribution in [2.75, 3.05) is 20.2 Å². The van der Waals surface area contributed by atoms with Crippen molar-refractivity contribution in [3.63, 3.8) is 0 Å². The number of benzene rings is 2. The Labute approximate surface area is 162 Å². The van der Waals surface area contributed by atoms with E-state index in [2.05, 4.69) is 5.32 Å². The van der Waals surface area contributed by atoms with Gasteiger partial charge in [-0.15, -0.1) is 0 Å². The molecule has 2 N–H and O–H groups in total. The minimum Gasteiger partial charge on any atom is -0.392 e. The van der Waals surface area contributed by atoms with Gasteiger partial charge in [0.25, 0.3) is 0 Å². The highest BCUT2D eigenvalue weighted by Gasteiger charge is 2.21. The molecule has 0 bridgehead atoms. The second-order valence-corrected chi connectivity index (χ2v) is 6.80. The fourth-order valence-corrected chi connectivity index (χ4v) is 2.74. The Bertz CT molecular complexity index is 713. The molecule has 0 spiro atoms. The Kier molecular flexibility index (Phi) is 8.89. The fourth-order valence-electron chi connectivity index (χ4n) is 2.74. The zero-order chi connectivity index (χ0) is 20.5. The number of likely N-dealkylation sites (N-methyl/N-ethyl adjacent to an activating group) is 1. The molecule has 2 aromatic rings. The zero-order valence-electron chi connectivity index (χ0n) is 15.7. The van der Waals surface area contributed by atoms with Gasteiger partial charge in [-0.05, 0) is 68.1 Å². The summed E-state index contributed by atoms with van der Waals surface area (Å²) in [6.45, 7) is 1.27. The highest BCUT2D eigenvalue weighted by Crippen LogP contribution is 2.18. The molecule has 0 aliphatic carbocycles. The summed E-state index contributed by atoms with van der Waals surface area (Å²) in [6, 6.07) is 7.03. The van der Waals surface area contributed by atoms with E-state index in [-0.39, 0.29) is 0 Å². The van der Waals surface area contributed by atoms with Crippen LogP contribution in [0.2, 0.25) is 0 Å². The van der Waals surface area contributed by atoms with Crippen molar-refractivity contribution in [2.24, 2.45) is 0 Å². The number of hydrogen-bond acceptors (Lipinski definition) is 3. The summed E-state index contributed by atoms with van der Waals surface area (Å²) in [5.74, 6) is -2.17. The number of aliphatic hydroxyl groups excluding tert-OH is 1. The first-order valence-electron chi connectivity index (χ1n) is 9.20. The second kappa shape index (κ2) is 11.1. The molecule has 0 saturated carbocycles. The van der Waals surface area contributed by atoms with E-state index in [1.165, 1.54) is 24.3 Å². The van der Waals surface area contributed by atoms with Crippen LogP contribution in [0.4, 0.5) is 17.6 Å². The molecule has 1 aliphatic rings. The maximum absolute atomic E-state index is 12.8.